The van der Waals surface area contributed by atoms with Crippen molar-refractivity contribution in [3.05, 3.63) is 58.7 Å². The van der Waals surface area contributed by atoms with Gasteiger partial charge in [0.25, 0.3) is 5.91 Å². The van der Waals surface area contributed by atoms with Crippen LogP contribution in [0.1, 0.15) is 61.9 Å². The predicted octanol–water partition coefficient (Wildman–Crippen LogP) is 4.88. The van der Waals surface area contributed by atoms with Crippen LogP contribution in [0.15, 0.2) is 30.3 Å². The third-order valence-corrected chi connectivity index (χ3v) is 4.27. The first kappa shape index (κ1) is 19.6. The van der Waals surface area contributed by atoms with Crippen LogP contribution in [-0.4, -0.2) is 10.9 Å². The highest BCUT2D eigenvalue weighted by molar-refractivity contribution is 6.03. The molecule has 4 nitrogen and oxygen atoms in total. The molecule has 0 saturated carbocycles. The van der Waals surface area contributed by atoms with Crippen molar-refractivity contribution < 1.29 is 9.18 Å². The number of aryl methyl sites for hydroxylation is 1. The topological polar surface area (TPSA) is 65.8 Å². The number of nitrogens with one attached hydrogen (secondary N) is 1. The molecule has 1 N–H and O–H groups in total. The molecule has 0 radical (unpaired) electrons. The summed E-state index contributed by atoms with van der Waals surface area (Å²) in [5.74, 6) is -0.999. The second-order valence-electron chi connectivity index (χ2n) is 8.00. The maximum absolute atomic E-state index is 14.3. The van der Waals surface area contributed by atoms with Gasteiger partial charge < -0.3 is 5.32 Å². The van der Waals surface area contributed by atoms with Gasteiger partial charge in [0.05, 0.1) is 22.9 Å². The van der Waals surface area contributed by atoms with E-state index in [9.17, 15) is 14.4 Å². The number of halogens is 1. The van der Waals surface area contributed by atoms with E-state index in [2.05, 4.69) is 16.4 Å². The first-order valence-corrected chi connectivity index (χ1v) is 8.46. The van der Waals surface area contributed by atoms with Gasteiger partial charge in [-0.25, -0.2) is 9.37 Å². The number of anilines is 1. The van der Waals surface area contributed by atoms with Crippen LogP contribution >= 0.6 is 0 Å². The molecule has 26 heavy (non-hydrogen) atoms. The number of nitriles is 1. The van der Waals surface area contributed by atoms with E-state index in [1.54, 1.807) is 38.1 Å². The lowest BCUT2D eigenvalue weighted by Gasteiger charge is -2.23. The van der Waals surface area contributed by atoms with Gasteiger partial charge in [-0.15, -0.1) is 0 Å². The normalized spacial score (nSPS) is 11.8. The molecular weight excluding hydrogens is 329 g/mol. The fourth-order valence-electron chi connectivity index (χ4n) is 2.73. The summed E-state index contributed by atoms with van der Waals surface area (Å²) in [5.41, 5.74) is 1.56. The number of nitrogens with zero attached hydrogens (tertiary/aromatic N) is 2. The summed E-state index contributed by atoms with van der Waals surface area (Å²) < 4.78 is 14.3. The third-order valence-electron chi connectivity index (χ3n) is 4.27. The van der Waals surface area contributed by atoms with Crippen LogP contribution in [0, 0.1) is 24.1 Å². The van der Waals surface area contributed by atoms with Crippen molar-refractivity contribution >= 4 is 11.6 Å². The lowest BCUT2D eigenvalue weighted by molar-refractivity contribution is 0.102. The second kappa shape index (κ2) is 6.87. The Hall–Kier alpha value is -2.74. The summed E-state index contributed by atoms with van der Waals surface area (Å²) in [5, 5.41) is 11.8. The SMILES string of the molecule is Cc1cc(F)c(NC(=O)c2cccc(C(C)(C)C#N)n2)cc1C(C)(C)C. The Balaban J connectivity index is 2.37. The largest absolute Gasteiger partial charge is 0.318 e. The summed E-state index contributed by atoms with van der Waals surface area (Å²) in [7, 11) is 0. The van der Waals surface area contributed by atoms with Crippen LogP contribution in [0.2, 0.25) is 0 Å². The highest BCUT2D eigenvalue weighted by Gasteiger charge is 2.23. The zero-order valence-corrected chi connectivity index (χ0v) is 16.1. The molecule has 1 aromatic heterocycles. The smallest absolute Gasteiger partial charge is 0.274 e. The molecule has 1 amide bonds. The van der Waals surface area contributed by atoms with Crippen molar-refractivity contribution in [2.75, 3.05) is 5.32 Å². The van der Waals surface area contributed by atoms with Crippen LogP contribution in [0.3, 0.4) is 0 Å². The summed E-state index contributed by atoms with van der Waals surface area (Å²) in [6.07, 6.45) is 0. The molecule has 0 aliphatic rings. The van der Waals surface area contributed by atoms with Gasteiger partial charge in [-0.2, -0.15) is 5.26 Å². The lowest BCUT2D eigenvalue weighted by Crippen LogP contribution is -2.21. The van der Waals surface area contributed by atoms with E-state index in [4.69, 9.17) is 0 Å². The number of carbonyl (C=O) groups is 1. The van der Waals surface area contributed by atoms with Crippen LogP contribution in [-0.2, 0) is 10.8 Å². The summed E-state index contributed by atoms with van der Waals surface area (Å²) in [6, 6.07) is 10.2. The molecule has 5 heteroatoms. The van der Waals surface area contributed by atoms with Gasteiger partial charge in [-0.3, -0.25) is 4.79 Å². The number of pyridine rings is 1. The molecule has 0 bridgehead atoms. The van der Waals surface area contributed by atoms with Crippen molar-refractivity contribution in [3.63, 3.8) is 0 Å². The number of aromatic nitrogens is 1. The Bertz CT molecular complexity index is 889. The lowest BCUT2D eigenvalue weighted by atomic mass is 9.84. The fraction of sp³-hybridized carbons (Fsp3) is 0.381. The Kier molecular flexibility index (Phi) is 5.18. The highest BCUT2D eigenvalue weighted by Crippen LogP contribution is 2.30. The molecule has 1 heterocycles. The van der Waals surface area contributed by atoms with Gasteiger partial charge in [-0.05, 0) is 61.6 Å². The van der Waals surface area contributed by atoms with Gasteiger partial charge in [0.1, 0.15) is 11.5 Å². The minimum atomic E-state index is -0.815. The van der Waals surface area contributed by atoms with Gasteiger partial charge in [0, 0.05) is 0 Å². The molecule has 136 valence electrons. The molecule has 1 aromatic carbocycles. The zero-order chi connectivity index (χ0) is 19.7. The van der Waals surface area contributed by atoms with Crippen molar-refractivity contribution in [2.45, 2.75) is 52.4 Å². The molecule has 0 aliphatic heterocycles. The predicted molar refractivity (Wildman–Crippen MR) is 101 cm³/mol. The molecule has 0 spiro atoms. The first-order chi connectivity index (χ1) is 12.0. The van der Waals surface area contributed by atoms with Crippen molar-refractivity contribution in [2.24, 2.45) is 0 Å². The highest BCUT2D eigenvalue weighted by atomic mass is 19.1. The molecule has 0 fully saturated rings. The standard InChI is InChI=1S/C21H24FN3O/c1-13-10-15(22)17(11-14(13)20(2,3)4)25-19(26)16-8-7-9-18(24-16)21(5,6)12-23/h7-11H,1-6H3,(H,25,26). The van der Waals surface area contributed by atoms with Crippen molar-refractivity contribution in [1.82, 2.24) is 4.98 Å². The Labute approximate surface area is 154 Å². The quantitative estimate of drug-likeness (QED) is 0.855. The Morgan fingerprint density at radius 3 is 2.42 bits per heavy atom. The second-order valence-corrected chi connectivity index (χ2v) is 8.00. The summed E-state index contributed by atoms with van der Waals surface area (Å²) >= 11 is 0. The van der Waals surface area contributed by atoms with Crippen LogP contribution in [0.5, 0.6) is 0 Å². The van der Waals surface area contributed by atoms with E-state index in [0.29, 0.717) is 5.69 Å². The fourth-order valence-corrected chi connectivity index (χ4v) is 2.73. The van der Waals surface area contributed by atoms with Gasteiger partial charge >= 0.3 is 0 Å². The van der Waals surface area contributed by atoms with Crippen LogP contribution in [0.4, 0.5) is 10.1 Å². The average molecular weight is 353 g/mol. The molecule has 0 aliphatic carbocycles. The number of benzene rings is 1. The summed E-state index contributed by atoms with van der Waals surface area (Å²) in [6.45, 7) is 11.4. The van der Waals surface area contributed by atoms with Crippen LogP contribution in [0.25, 0.3) is 0 Å². The maximum Gasteiger partial charge on any atom is 0.274 e. The van der Waals surface area contributed by atoms with E-state index < -0.39 is 17.1 Å². The molecule has 0 atom stereocenters. The molecule has 2 rings (SSSR count). The van der Waals surface area contributed by atoms with E-state index in [0.717, 1.165) is 11.1 Å². The number of amides is 1. The van der Waals surface area contributed by atoms with Crippen LogP contribution < -0.4 is 5.32 Å². The number of carbonyl (C=O) groups excluding carboxylic acids is 1. The number of rotatable bonds is 3. The van der Waals surface area contributed by atoms with E-state index in [1.807, 2.05) is 27.7 Å². The van der Waals surface area contributed by atoms with E-state index in [-0.39, 0.29) is 16.8 Å². The maximum atomic E-state index is 14.3. The van der Waals surface area contributed by atoms with Gasteiger partial charge in [0.2, 0.25) is 0 Å². The number of hydrogen-bond acceptors (Lipinski definition) is 3. The van der Waals surface area contributed by atoms with Gasteiger partial charge in [-0.1, -0.05) is 26.8 Å². The third kappa shape index (κ3) is 4.08. The van der Waals surface area contributed by atoms with E-state index in [1.165, 1.54) is 6.07 Å². The molecular formula is C21H24FN3O. The molecule has 0 saturated heterocycles. The minimum absolute atomic E-state index is 0.122. The minimum Gasteiger partial charge on any atom is -0.318 e. The zero-order valence-electron chi connectivity index (χ0n) is 16.1. The monoisotopic (exact) mass is 353 g/mol. The Morgan fingerprint density at radius 2 is 1.85 bits per heavy atom. The average Bonchev–Trinajstić information content (AvgIpc) is 2.56. The Morgan fingerprint density at radius 1 is 1.19 bits per heavy atom. The molecule has 2 aromatic rings. The molecule has 0 unspecified atom stereocenters. The van der Waals surface area contributed by atoms with E-state index >= 15 is 0 Å². The van der Waals surface area contributed by atoms with Gasteiger partial charge in [0.15, 0.2) is 0 Å². The first-order valence-electron chi connectivity index (χ1n) is 8.46. The van der Waals surface area contributed by atoms with Crippen molar-refractivity contribution in [1.29, 1.82) is 5.26 Å². The van der Waals surface area contributed by atoms with Crippen molar-refractivity contribution in [3.8, 4) is 6.07 Å². The summed E-state index contributed by atoms with van der Waals surface area (Å²) in [4.78, 5) is 16.8. The number of hydrogen-bond donors (Lipinski definition) is 1.